The van der Waals surface area contributed by atoms with E-state index >= 15 is 0 Å². The van der Waals surface area contributed by atoms with Gasteiger partial charge in [-0.3, -0.25) is 14.9 Å². The predicted octanol–water partition coefficient (Wildman–Crippen LogP) is 4.42. The molecule has 0 saturated heterocycles. The van der Waals surface area contributed by atoms with E-state index < -0.39 is 16.7 Å². The molecule has 0 aliphatic rings. The zero-order chi connectivity index (χ0) is 19.0. The topological polar surface area (TPSA) is 119 Å². The number of amides is 1. The number of hydrogen-bond donors (Lipinski definition) is 2. The molecule has 0 atom stereocenters. The summed E-state index contributed by atoms with van der Waals surface area (Å²) in [4.78, 5) is 26.7. The molecule has 0 fully saturated rings. The number of carbonyl (C=O) groups excluding carboxylic acids is 1. The molecule has 4 aromatic rings. The Morgan fingerprint density at radius 2 is 2.00 bits per heavy atom. The van der Waals surface area contributed by atoms with Crippen molar-refractivity contribution in [2.45, 2.75) is 0 Å². The number of furan rings is 1. The molecule has 2 heterocycles. The van der Waals surface area contributed by atoms with Crippen molar-refractivity contribution >= 4 is 39.0 Å². The highest BCUT2D eigenvalue weighted by Crippen LogP contribution is 2.36. The predicted molar refractivity (Wildman–Crippen MR) is 100 cm³/mol. The van der Waals surface area contributed by atoms with Crippen LogP contribution < -0.4 is 5.32 Å². The number of para-hydroxylation sites is 1. The molecular weight excluding hydrogens is 370 g/mol. The summed E-state index contributed by atoms with van der Waals surface area (Å²) in [5, 5.41) is 24.0. The van der Waals surface area contributed by atoms with Crippen molar-refractivity contribution < 1.29 is 19.2 Å². The van der Waals surface area contributed by atoms with E-state index in [0.29, 0.717) is 16.3 Å². The van der Waals surface area contributed by atoms with E-state index in [1.165, 1.54) is 29.5 Å². The van der Waals surface area contributed by atoms with Crippen molar-refractivity contribution in [1.29, 1.82) is 0 Å². The Balaban J connectivity index is 1.63. The van der Waals surface area contributed by atoms with Gasteiger partial charge >= 0.3 is 5.88 Å². The second kappa shape index (κ2) is 6.54. The van der Waals surface area contributed by atoms with E-state index in [9.17, 15) is 20.0 Å². The molecule has 1 amide bonds. The number of hydrogen-bond acceptors (Lipinski definition) is 7. The summed E-state index contributed by atoms with van der Waals surface area (Å²) in [5.74, 6) is -1.30. The number of thiazole rings is 1. The standard InChI is InChI=1S/C18H11N3O5S/c22-13-6-5-10(19-17(23)14-7-8-16(26-14)21(24)25)9-11(13)18-20-12-3-1-2-4-15(12)27-18/h1-9,22H,(H,19,23). The lowest BCUT2D eigenvalue weighted by molar-refractivity contribution is -0.402. The Morgan fingerprint density at radius 3 is 2.74 bits per heavy atom. The second-order valence-corrected chi connectivity index (χ2v) is 6.60. The summed E-state index contributed by atoms with van der Waals surface area (Å²) >= 11 is 1.42. The lowest BCUT2D eigenvalue weighted by Crippen LogP contribution is -2.10. The van der Waals surface area contributed by atoms with Crippen LogP contribution in [-0.2, 0) is 0 Å². The molecule has 27 heavy (non-hydrogen) atoms. The van der Waals surface area contributed by atoms with Crippen LogP contribution in [0, 0.1) is 10.1 Å². The van der Waals surface area contributed by atoms with Gasteiger partial charge in [0.1, 0.15) is 15.7 Å². The molecule has 4 rings (SSSR count). The normalized spacial score (nSPS) is 10.8. The highest BCUT2D eigenvalue weighted by atomic mass is 32.1. The van der Waals surface area contributed by atoms with Gasteiger partial charge in [0.15, 0.2) is 5.76 Å². The maximum absolute atomic E-state index is 12.2. The molecule has 0 bridgehead atoms. The van der Waals surface area contributed by atoms with E-state index in [0.717, 1.165) is 16.3 Å². The number of anilines is 1. The summed E-state index contributed by atoms with van der Waals surface area (Å²) < 4.78 is 5.86. The Hall–Kier alpha value is -3.72. The maximum atomic E-state index is 12.2. The summed E-state index contributed by atoms with van der Waals surface area (Å²) in [6.07, 6.45) is 0. The molecule has 0 unspecified atom stereocenters. The van der Waals surface area contributed by atoms with Gasteiger partial charge in [-0.1, -0.05) is 12.1 Å². The average molecular weight is 381 g/mol. The highest BCUT2D eigenvalue weighted by molar-refractivity contribution is 7.21. The van der Waals surface area contributed by atoms with Crippen molar-refractivity contribution in [3.05, 3.63) is 70.5 Å². The number of rotatable bonds is 4. The zero-order valence-corrected chi connectivity index (χ0v) is 14.4. The van der Waals surface area contributed by atoms with Gasteiger partial charge < -0.3 is 14.8 Å². The molecule has 2 aromatic heterocycles. The Bertz CT molecular complexity index is 1150. The number of fused-ring (bicyclic) bond motifs is 1. The van der Waals surface area contributed by atoms with Crippen molar-refractivity contribution in [3.63, 3.8) is 0 Å². The molecule has 134 valence electrons. The Labute approximate surface area is 155 Å². The molecule has 2 N–H and O–H groups in total. The lowest BCUT2D eigenvalue weighted by Gasteiger charge is -2.06. The smallest absolute Gasteiger partial charge is 0.433 e. The Morgan fingerprint density at radius 1 is 1.19 bits per heavy atom. The van der Waals surface area contributed by atoms with Crippen LogP contribution in [0.1, 0.15) is 10.6 Å². The minimum absolute atomic E-state index is 0.0284. The molecule has 0 aliphatic heterocycles. The molecule has 0 saturated carbocycles. The quantitative estimate of drug-likeness (QED) is 0.307. The minimum Gasteiger partial charge on any atom is -0.507 e. The van der Waals surface area contributed by atoms with Crippen molar-refractivity contribution in [2.75, 3.05) is 5.32 Å². The summed E-state index contributed by atoms with van der Waals surface area (Å²) in [5.41, 5.74) is 1.68. The fourth-order valence-corrected chi connectivity index (χ4v) is 3.50. The molecule has 8 nitrogen and oxygen atoms in total. The number of benzene rings is 2. The van der Waals surface area contributed by atoms with Crippen LogP contribution in [0.2, 0.25) is 0 Å². The summed E-state index contributed by atoms with van der Waals surface area (Å²) in [6.45, 7) is 0. The molecule has 0 radical (unpaired) electrons. The fourth-order valence-electron chi connectivity index (χ4n) is 2.51. The fraction of sp³-hybridized carbons (Fsp3) is 0. The van der Waals surface area contributed by atoms with Gasteiger partial charge in [-0.2, -0.15) is 0 Å². The van der Waals surface area contributed by atoms with Crippen LogP contribution in [0.25, 0.3) is 20.8 Å². The largest absolute Gasteiger partial charge is 0.507 e. The van der Waals surface area contributed by atoms with Gasteiger partial charge in [-0.05, 0) is 36.4 Å². The Kier molecular flexibility index (Phi) is 4.05. The van der Waals surface area contributed by atoms with Crippen LogP contribution in [0.3, 0.4) is 0 Å². The first-order valence-corrected chi connectivity index (χ1v) is 8.57. The van der Waals surface area contributed by atoms with E-state index in [1.54, 1.807) is 6.07 Å². The van der Waals surface area contributed by atoms with Gasteiger partial charge in [0, 0.05) is 5.69 Å². The number of carbonyl (C=O) groups is 1. The first-order valence-electron chi connectivity index (χ1n) is 7.76. The number of phenolic OH excluding ortho intramolecular Hbond substituents is 1. The number of nitrogens with zero attached hydrogens (tertiary/aromatic N) is 2. The van der Waals surface area contributed by atoms with Crippen LogP contribution in [0.5, 0.6) is 5.75 Å². The first kappa shape index (κ1) is 16.7. The molecule has 9 heteroatoms. The average Bonchev–Trinajstić information content (AvgIpc) is 3.30. The third kappa shape index (κ3) is 3.23. The number of nitro groups is 1. The second-order valence-electron chi connectivity index (χ2n) is 5.57. The lowest BCUT2D eigenvalue weighted by atomic mass is 10.2. The SMILES string of the molecule is O=C(Nc1ccc(O)c(-c2nc3ccccc3s2)c1)c1ccc([N+](=O)[O-])o1. The number of aromatic nitrogens is 1. The molecule has 0 aliphatic carbocycles. The summed E-state index contributed by atoms with van der Waals surface area (Å²) in [7, 11) is 0. The first-order chi connectivity index (χ1) is 13.0. The van der Waals surface area contributed by atoms with Gasteiger partial charge in [0.2, 0.25) is 0 Å². The third-order valence-corrected chi connectivity index (χ3v) is 4.84. The number of nitrogens with one attached hydrogen (secondary N) is 1. The van der Waals surface area contributed by atoms with E-state index in [2.05, 4.69) is 10.3 Å². The molecular formula is C18H11N3O5S. The third-order valence-electron chi connectivity index (χ3n) is 3.77. The van der Waals surface area contributed by atoms with Crippen molar-refractivity contribution in [1.82, 2.24) is 4.98 Å². The monoisotopic (exact) mass is 381 g/mol. The molecule has 2 aromatic carbocycles. The van der Waals surface area contributed by atoms with Gasteiger partial charge in [-0.15, -0.1) is 11.3 Å². The van der Waals surface area contributed by atoms with Crippen LogP contribution in [0.4, 0.5) is 11.6 Å². The van der Waals surface area contributed by atoms with Crippen LogP contribution in [-0.4, -0.2) is 20.9 Å². The van der Waals surface area contributed by atoms with E-state index in [4.69, 9.17) is 4.42 Å². The van der Waals surface area contributed by atoms with Crippen molar-refractivity contribution in [2.24, 2.45) is 0 Å². The molecule has 0 spiro atoms. The van der Waals surface area contributed by atoms with Gasteiger partial charge in [0.05, 0.1) is 21.8 Å². The van der Waals surface area contributed by atoms with Gasteiger partial charge in [-0.25, -0.2) is 4.98 Å². The minimum atomic E-state index is -0.720. The van der Waals surface area contributed by atoms with Crippen LogP contribution in [0.15, 0.2) is 59.0 Å². The maximum Gasteiger partial charge on any atom is 0.433 e. The number of phenols is 1. The number of aromatic hydroxyl groups is 1. The van der Waals surface area contributed by atoms with Gasteiger partial charge in [0.25, 0.3) is 5.91 Å². The van der Waals surface area contributed by atoms with Crippen molar-refractivity contribution in [3.8, 4) is 16.3 Å². The highest BCUT2D eigenvalue weighted by Gasteiger charge is 2.18. The van der Waals surface area contributed by atoms with E-state index in [-0.39, 0.29) is 11.5 Å². The zero-order valence-electron chi connectivity index (χ0n) is 13.6. The summed E-state index contributed by atoms with van der Waals surface area (Å²) in [6, 6.07) is 14.5. The van der Waals surface area contributed by atoms with E-state index in [1.807, 2.05) is 24.3 Å². The van der Waals surface area contributed by atoms with Crippen LogP contribution >= 0.6 is 11.3 Å².